The van der Waals surface area contributed by atoms with Gasteiger partial charge in [-0.1, -0.05) is 65.0 Å². The molecule has 3 aromatic carbocycles. The van der Waals surface area contributed by atoms with Crippen molar-refractivity contribution in [2.75, 3.05) is 19.8 Å². The van der Waals surface area contributed by atoms with E-state index in [1.165, 1.54) is 4.90 Å². The molecule has 0 spiro atoms. The summed E-state index contributed by atoms with van der Waals surface area (Å²) in [6.07, 6.45) is 3.33. The van der Waals surface area contributed by atoms with Crippen LogP contribution in [0.4, 0.5) is 4.79 Å². The number of carbonyl (C=O) groups excluding carboxylic acids is 2. The molecule has 1 heterocycles. The van der Waals surface area contributed by atoms with E-state index >= 15 is 0 Å². The van der Waals surface area contributed by atoms with Crippen molar-refractivity contribution in [3.63, 3.8) is 0 Å². The van der Waals surface area contributed by atoms with Crippen molar-refractivity contribution < 1.29 is 19.1 Å². The van der Waals surface area contributed by atoms with Crippen LogP contribution in [-0.4, -0.2) is 35.8 Å². The summed E-state index contributed by atoms with van der Waals surface area (Å²) in [5.74, 6) is 0.999. The molecule has 0 aromatic heterocycles. The molecule has 0 unspecified atom stereocenters. The first-order chi connectivity index (χ1) is 15.6. The Morgan fingerprint density at radius 3 is 2.66 bits per heavy atom. The highest BCUT2D eigenvalue weighted by Gasteiger charge is 2.35. The number of benzene rings is 3. The maximum Gasteiger partial charge on any atom is 0.293 e. The average Bonchev–Trinajstić information content (AvgIpc) is 3.06. The molecule has 2 amide bonds. The molecular formula is C25H20BrNO4S. The van der Waals surface area contributed by atoms with Gasteiger partial charge in [0.15, 0.2) is 0 Å². The number of halogens is 1. The molecule has 0 bridgehead atoms. The van der Waals surface area contributed by atoms with Crippen molar-refractivity contribution in [1.82, 2.24) is 4.90 Å². The first-order valence-corrected chi connectivity index (χ1v) is 11.6. The Balaban J connectivity index is 1.46. The SMILES string of the molecule is C=CCOc1ccc(Br)cc1/C=C1\SC(=O)N(CCOc2cccc3ccccc23)C1=O. The van der Waals surface area contributed by atoms with E-state index in [1.54, 1.807) is 12.2 Å². The Hall–Kier alpha value is -3.03. The van der Waals surface area contributed by atoms with Crippen LogP contribution in [0.15, 0.2) is 82.7 Å². The first kappa shape index (κ1) is 22.2. The van der Waals surface area contributed by atoms with Crippen molar-refractivity contribution in [2.45, 2.75) is 0 Å². The maximum absolute atomic E-state index is 12.9. The van der Waals surface area contributed by atoms with Crippen molar-refractivity contribution >= 4 is 55.7 Å². The minimum atomic E-state index is -0.337. The van der Waals surface area contributed by atoms with Crippen LogP contribution in [0, 0.1) is 0 Å². The summed E-state index contributed by atoms with van der Waals surface area (Å²) in [7, 11) is 0. The average molecular weight is 510 g/mol. The van der Waals surface area contributed by atoms with Gasteiger partial charge in [0.05, 0.1) is 11.4 Å². The number of fused-ring (bicyclic) bond motifs is 1. The molecule has 0 aliphatic carbocycles. The van der Waals surface area contributed by atoms with Gasteiger partial charge >= 0.3 is 0 Å². The van der Waals surface area contributed by atoms with E-state index in [1.807, 2.05) is 60.7 Å². The molecule has 1 fully saturated rings. The van der Waals surface area contributed by atoms with Gasteiger partial charge in [0, 0.05) is 15.4 Å². The van der Waals surface area contributed by atoms with Crippen molar-refractivity contribution in [3.05, 3.63) is 88.3 Å². The topological polar surface area (TPSA) is 55.8 Å². The molecule has 0 N–H and O–H groups in total. The molecular weight excluding hydrogens is 490 g/mol. The van der Waals surface area contributed by atoms with E-state index in [0.29, 0.717) is 22.8 Å². The van der Waals surface area contributed by atoms with Crippen LogP contribution >= 0.6 is 27.7 Å². The summed E-state index contributed by atoms with van der Waals surface area (Å²) in [5, 5.41) is 1.75. The minimum Gasteiger partial charge on any atom is -0.491 e. The number of hydrogen-bond donors (Lipinski definition) is 0. The molecule has 1 aliphatic rings. The maximum atomic E-state index is 12.9. The Kier molecular flexibility index (Phi) is 6.97. The number of hydrogen-bond acceptors (Lipinski definition) is 5. The first-order valence-electron chi connectivity index (χ1n) is 9.96. The van der Waals surface area contributed by atoms with Crippen LogP contribution in [0.2, 0.25) is 0 Å². The fourth-order valence-corrected chi connectivity index (χ4v) is 4.55. The molecule has 5 nitrogen and oxygen atoms in total. The lowest BCUT2D eigenvalue weighted by Gasteiger charge is -2.14. The zero-order valence-electron chi connectivity index (χ0n) is 17.1. The smallest absolute Gasteiger partial charge is 0.293 e. The quantitative estimate of drug-likeness (QED) is 0.264. The third-order valence-electron chi connectivity index (χ3n) is 4.81. The summed E-state index contributed by atoms with van der Waals surface area (Å²) in [6, 6.07) is 19.2. The van der Waals surface area contributed by atoms with Gasteiger partial charge in [-0.25, -0.2) is 0 Å². The van der Waals surface area contributed by atoms with Crippen LogP contribution in [0.5, 0.6) is 11.5 Å². The predicted molar refractivity (Wildman–Crippen MR) is 132 cm³/mol. The Labute approximate surface area is 198 Å². The van der Waals surface area contributed by atoms with E-state index in [2.05, 4.69) is 22.5 Å². The summed E-state index contributed by atoms with van der Waals surface area (Å²) in [5.41, 5.74) is 0.707. The second-order valence-electron chi connectivity index (χ2n) is 6.94. The van der Waals surface area contributed by atoms with E-state index < -0.39 is 0 Å². The second kappa shape index (κ2) is 10.1. The molecule has 4 rings (SSSR count). The Morgan fingerprint density at radius 2 is 1.81 bits per heavy atom. The predicted octanol–water partition coefficient (Wildman–Crippen LogP) is 6.28. The molecule has 32 heavy (non-hydrogen) atoms. The van der Waals surface area contributed by atoms with Crippen molar-refractivity contribution in [3.8, 4) is 11.5 Å². The fraction of sp³-hybridized carbons (Fsp3) is 0.120. The Morgan fingerprint density at radius 1 is 1.00 bits per heavy atom. The van der Waals surface area contributed by atoms with E-state index in [-0.39, 0.29) is 24.3 Å². The molecule has 162 valence electrons. The highest BCUT2D eigenvalue weighted by atomic mass is 79.9. The highest BCUT2D eigenvalue weighted by Crippen LogP contribution is 2.35. The van der Waals surface area contributed by atoms with E-state index in [0.717, 1.165) is 32.8 Å². The van der Waals surface area contributed by atoms with Gasteiger partial charge in [-0.15, -0.1) is 0 Å². The zero-order chi connectivity index (χ0) is 22.5. The highest BCUT2D eigenvalue weighted by molar-refractivity contribution is 9.10. The minimum absolute atomic E-state index is 0.170. The number of ether oxygens (including phenoxy) is 2. The molecule has 1 saturated heterocycles. The van der Waals surface area contributed by atoms with Crippen LogP contribution in [0.3, 0.4) is 0 Å². The third-order valence-corrected chi connectivity index (χ3v) is 6.21. The normalized spacial score (nSPS) is 14.9. The number of imide groups is 1. The monoisotopic (exact) mass is 509 g/mol. The second-order valence-corrected chi connectivity index (χ2v) is 8.85. The van der Waals surface area contributed by atoms with E-state index in [9.17, 15) is 9.59 Å². The van der Waals surface area contributed by atoms with Gasteiger partial charge in [-0.05, 0) is 47.5 Å². The van der Waals surface area contributed by atoms with Crippen LogP contribution in [-0.2, 0) is 4.79 Å². The molecule has 1 aliphatic heterocycles. The molecule has 3 aromatic rings. The lowest BCUT2D eigenvalue weighted by molar-refractivity contribution is -0.123. The lowest BCUT2D eigenvalue weighted by Crippen LogP contribution is -2.32. The largest absolute Gasteiger partial charge is 0.491 e. The molecule has 0 atom stereocenters. The number of amides is 2. The Bertz CT molecular complexity index is 1220. The summed E-state index contributed by atoms with van der Waals surface area (Å²) >= 11 is 4.35. The van der Waals surface area contributed by atoms with Gasteiger partial charge in [0.25, 0.3) is 11.1 Å². The molecule has 0 radical (unpaired) electrons. The summed E-state index contributed by atoms with van der Waals surface area (Å²) in [4.78, 5) is 26.9. The number of thioether (sulfide) groups is 1. The summed E-state index contributed by atoms with van der Waals surface area (Å²) < 4.78 is 12.4. The van der Waals surface area contributed by atoms with Crippen LogP contribution in [0.25, 0.3) is 16.8 Å². The molecule has 0 saturated carbocycles. The van der Waals surface area contributed by atoms with Crippen molar-refractivity contribution in [1.29, 1.82) is 0 Å². The van der Waals surface area contributed by atoms with Gasteiger partial charge in [0.2, 0.25) is 0 Å². The zero-order valence-corrected chi connectivity index (χ0v) is 19.5. The van der Waals surface area contributed by atoms with Crippen molar-refractivity contribution in [2.24, 2.45) is 0 Å². The van der Waals surface area contributed by atoms with Gasteiger partial charge in [-0.3, -0.25) is 14.5 Å². The number of nitrogens with zero attached hydrogens (tertiary/aromatic N) is 1. The van der Waals surface area contributed by atoms with E-state index in [4.69, 9.17) is 9.47 Å². The lowest BCUT2D eigenvalue weighted by atomic mass is 10.1. The summed E-state index contributed by atoms with van der Waals surface area (Å²) in [6.45, 7) is 4.38. The van der Waals surface area contributed by atoms with Gasteiger partial charge in [0.1, 0.15) is 24.7 Å². The van der Waals surface area contributed by atoms with Crippen LogP contribution < -0.4 is 9.47 Å². The van der Waals surface area contributed by atoms with Gasteiger partial charge in [-0.2, -0.15) is 0 Å². The van der Waals surface area contributed by atoms with Gasteiger partial charge < -0.3 is 9.47 Å². The standard InChI is InChI=1S/C25H20BrNO4S/c1-2-13-30-21-11-10-19(26)15-18(21)16-23-24(28)27(25(29)32-23)12-14-31-22-9-5-7-17-6-3-4-8-20(17)22/h2-11,15-16H,1,12-14H2/b23-16-. The molecule has 7 heteroatoms. The fourth-order valence-electron chi connectivity index (χ4n) is 3.31. The van der Waals surface area contributed by atoms with Crippen LogP contribution in [0.1, 0.15) is 5.56 Å². The third kappa shape index (κ3) is 4.89. The number of carbonyl (C=O) groups is 2. The number of rotatable bonds is 8.